The Morgan fingerprint density at radius 3 is 2.37 bits per heavy atom. The van der Waals surface area contributed by atoms with Crippen LogP contribution < -0.4 is 0 Å². The van der Waals surface area contributed by atoms with Gasteiger partial charge in [-0.25, -0.2) is 4.68 Å². The van der Waals surface area contributed by atoms with Crippen LogP contribution in [-0.2, 0) is 16.8 Å². The average Bonchev–Trinajstić information content (AvgIpc) is 2.75. The molecular formula is C14H19N3O2. The number of carboxylic acids is 1. The van der Waals surface area contributed by atoms with Crippen molar-refractivity contribution < 1.29 is 9.90 Å². The summed E-state index contributed by atoms with van der Waals surface area (Å²) < 4.78 is 2.01. The fourth-order valence-corrected chi connectivity index (χ4v) is 5.11. The van der Waals surface area contributed by atoms with Gasteiger partial charge in [0.15, 0.2) is 0 Å². The smallest absolute Gasteiger partial charge is 0.309 e. The number of carboxylic acid groups (broad SMARTS) is 1. The molecule has 4 saturated carbocycles. The molecule has 5 nitrogen and oxygen atoms in total. The first-order chi connectivity index (χ1) is 9.13. The second-order valence-corrected chi connectivity index (χ2v) is 6.87. The molecule has 0 radical (unpaired) electrons. The Kier molecular flexibility index (Phi) is 2.29. The lowest BCUT2D eigenvalue weighted by molar-refractivity contribution is -0.136. The number of hydrogen-bond acceptors (Lipinski definition) is 3. The van der Waals surface area contributed by atoms with Crippen LogP contribution in [0.2, 0.25) is 0 Å². The third-order valence-electron chi connectivity index (χ3n) is 5.37. The Hall–Kier alpha value is -1.39. The highest BCUT2D eigenvalue weighted by Gasteiger charge is 2.52. The van der Waals surface area contributed by atoms with Crippen LogP contribution >= 0.6 is 0 Å². The highest BCUT2D eigenvalue weighted by Crippen LogP contribution is 2.58. The van der Waals surface area contributed by atoms with Crippen molar-refractivity contribution in [2.75, 3.05) is 0 Å². The van der Waals surface area contributed by atoms with Gasteiger partial charge in [0, 0.05) is 6.20 Å². The molecule has 1 aromatic rings. The monoisotopic (exact) mass is 261 g/mol. The van der Waals surface area contributed by atoms with Crippen molar-refractivity contribution >= 4 is 5.97 Å². The molecule has 4 bridgehead atoms. The molecule has 1 heterocycles. The maximum absolute atomic E-state index is 10.7. The van der Waals surface area contributed by atoms with Gasteiger partial charge in [0.1, 0.15) is 0 Å². The summed E-state index contributed by atoms with van der Waals surface area (Å²) in [6, 6.07) is 0. The molecule has 1 aromatic heterocycles. The van der Waals surface area contributed by atoms with Gasteiger partial charge in [0.25, 0.3) is 0 Å². The van der Waals surface area contributed by atoms with Crippen LogP contribution in [0.25, 0.3) is 0 Å². The summed E-state index contributed by atoms with van der Waals surface area (Å²) in [5.74, 6) is 1.74. The van der Waals surface area contributed by atoms with E-state index < -0.39 is 5.97 Å². The molecular weight excluding hydrogens is 242 g/mol. The molecule has 0 atom stereocenters. The van der Waals surface area contributed by atoms with E-state index in [0.717, 1.165) is 17.8 Å². The minimum atomic E-state index is -0.836. The lowest BCUT2D eigenvalue weighted by Gasteiger charge is -2.56. The molecule has 0 unspecified atom stereocenters. The van der Waals surface area contributed by atoms with Crippen molar-refractivity contribution in [1.29, 1.82) is 0 Å². The van der Waals surface area contributed by atoms with Crippen LogP contribution in [0.1, 0.15) is 44.2 Å². The molecule has 4 fully saturated rings. The molecule has 0 spiro atoms. The first kappa shape index (κ1) is 11.4. The first-order valence-electron chi connectivity index (χ1n) is 7.26. The van der Waals surface area contributed by atoms with Gasteiger partial charge in [-0.2, -0.15) is 0 Å². The standard InChI is InChI=1S/C14H19N3O2/c18-13(19)4-12-8-17(16-15-12)14-5-9-1-10(6-14)3-11(2-9)7-14/h8-11H,1-7H2,(H,18,19). The fourth-order valence-electron chi connectivity index (χ4n) is 5.11. The fraction of sp³-hybridized carbons (Fsp3) is 0.786. The number of nitrogens with zero attached hydrogens (tertiary/aromatic N) is 3. The Morgan fingerprint density at radius 1 is 1.26 bits per heavy atom. The van der Waals surface area contributed by atoms with Gasteiger partial charge in [-0.1, -0.05) is 5.21 Å². The predicted octanol–water partition coefficient (Wildman–Crippen LogP) is 1.83. The quantitative estimate of drug-likeness (QED) is 0.901. The normalized spacial score (nSPS) is 39.7. The van der Waals surface area contributed by atoms with E-state index >= 15 is 0 Å². The van der Waals surface area contributed by atoms with Crippen molar-refractivity contribution in [1.82, 2.24) is 15.0 Å². The van der Waals surface area contributed by atoms with Crippen molar-refractivity contribution in [3.63, 3.8) is 0 Å². The second kappa shape index (κ2) is 3.81. The second-order valence-electron chi connectivity index (χ2n) is 6.87. The van der Waals surface area contributed by atoms with Gasteiger partial charge in [-0.3, -0.25) is 4.79 Å². The van der Waals surface area contributed by atoms with Crippen LogP contribution in [0.5, 0.6) is 0 Å². The minimum Gasteiger partial charge on any atom is -0.481 e. The van der Waals surface area contributed by atoms with E-state index in [0.29, 0.717) is 5.69 Å². The van der Waals surface area contributed by atoms with E-state index in [9.17, 15) is 4.79 Å². The van der Waals surface area contributed by atoms with E-state index in [1.54, 1.807) is 0 Å². The summed E-state index contributed by atoms with van der Waals surface area (Å²) in [6.07, 6.45) is 9.70. The predicted molar refractivity (Wildman–Crippen MR) is 67.5 cm³/mol. The van der Waals surface area contributed by atoms with Gasteiger partial charge in [0.2, 0.25) is 0 Å². The number of hydrogen-bond donors (Lipinski definition) is 1. The van der Waals surface area contributed by atoms with Gasteiger partial charge in [0.05, 0.1) is 17.7 Å². The summed E-state index contributed by atoms with van der Waals surface area (Å²) in [4.78, 5) is 10.7. The number of aliphatic carboxylic acids is 1. The zero-order chi connectivity index (χ0) is 13.0. The lowest BCUT2D eigenvalue weighted by Crippen LogP contribution is -2.52. The van der Waals surface area contributed by atoms with Crippen molar-refractivity contribution in [3.8, 4) is 0 Å². The molecule has 0 aliphatic heterocycles. The number of rotatable bonds is 3. The van der Waals surface area contributed by atoms with E-state index in [1.807, 2.05) is 10.9 Å². The van der Waals surface area contributed by atoms with Gasteiger partial charge < -0.3 is 5.11 Å². The Balaban J connectivity index is 1.64. The maximum atomic E-state index is 10.7. The molecule has 4 aliphatic carbocycles. The van der Waals surface area contributed by atoms with E-state index in [4.69, 9.17) is 5.11 Å². The Morgan fingerprint density at radius 2 is 1.84 bits per heavy atom. The third kappa shape index (κ3) is 1.78. The van der Waals surface area contributed by atoms with E-state index in [2.05, 4.69) is 10.3 Å². The van der Waals surface area contributed by atoms with Crippen molar-refractivity contribution in [2.24, 2.45) is 17.8 Å². The molecule has 0 saturated heterocycles. The van der Waals surface area contributed by atoms with E-state index in [1.165, 1.54) is 38.5 Å². The molecule has 1 N–H and O–H groups in total. The summed E-state index contributed by atoms with van der Waals surface area (Å²) in [7, 11) is 0. The summed E-state index contributed by atoms with van der Waals surface area (Å²) >= 11 is 0. The highest BCUT2D eigenvalue weighted by atomic mass is 16.4. The minimum absolute atomic E-state index is 0.0215. The average molecular weight is 261 g/mol. The maximum Gasteiger partial charge on any atom is 0.309 e. The van der Waals surface area contributed by atoms with Gasteiger partial charge >= 0.3 is 5.97 Å². The van der Waals surface area contributed by atoms with Gasteiger partial charge in [-0.05, 0) is 56.3 Å². The summed E-state index contributed by atoms with van der Waals surface area (Å²) in [6.45, 7) is 0. The van der Waals surface area contributed by atoms with Crippen LogP contribution in [-0.4, -0.2) is 26.1 Å². The topological polar surface area (TPSA) is 68.0 Å². The largest absolute Gasteiger partial charge is 0.481 e. The molecule has 5 rings (SSSR count). The van der Waals surface area contributed by atoms with Crippen LogP contribution in [0.4, 0.5) is 0 Å². The SMILES string of the molecule is O=C(O)Cc1cn(C23CC4CC(CC(C4)C2)C3)nn1. The van der Waals surface area contributed by atoms with Gasteiger partial charge in [-0.15, -0.1) is 5.10 Å². The molecule has 0 amide bonds. The third-order valence-corrected chi connectivity index (χ3v) is 5.37. The number of aromatic nitrogens is 3. The molecule has 0 aromatic carbocycles. The molecule has 5 heteroatoms. The van der Waals surface area contributed by atoms with Crippen LogP contribution in [0.3, 0.4) is 0 Å². The van der Waals surface area contributed by atoms with Crippen LogP contribution in [0.15, 0.2) is 6.20 Å². The Bertz CT molecular complexity index is 487. The zero-order valence-electron chi connectivity index (χ0n) is 11.0. The van der Waals surface area contributed by atoms with Crippen LogP contribution in [0, 0.1) is 17.8 Å². The highest BCUT2D eigenvalue weighted by molar-refractivity contribution is 5.69. The summed E-state index contributed by atoms with van der Waals surface area (Å²) in [5.41, 5.74) is 0.738. The molecule has 4 aliphatic rings. The molecule has 102 valence electrons. The van der Waals surface area contributed by atoms with Crippen molar-refractivity contribution in [2.45, 2.75) is 50.5 Å². The lowest BCUT2D eigenvalue weighted by atomic mass is 9.53. The van der Waals surface area contributed by atoms with Crippen molar-refractivity contribution in [3.05, 3.63) is 11.9 Å². The first-order valence-corrected chi connectivity index (χ1v) is 7.26. The number of carbonyl (C=O) groups is 1. The van der Waals surface area contributed by atoms with E-state index in [-0.39, 0.29) is 12.0 Å². The Labute approximate surface area is 112 Å². The summed E-state index contributed by atoms with van der Waals surface area (Å²) in [5, 5.41) is 17.1. The molecule has 19 heavy (non-hydrogen) atoms. The zero-order valence-corrected chi connectivity index (χ0v) is 11.0.